The second-order valence-electron chi connectivity index (χ2n) is 8.70. The van der Waals surface area contributed by atoms with Crippen LogP contribution in [0.2, 0.25) is 0 Å². The highest BCUT2D eigenvalue weighted by molar-refractivity contribution is 8.15. The number of thioether (sulfide) groups is 1. The average Bonchev–Trinajstić information content (AvgIpc) is 3.24. The zero-order valence-electron chi connectivity index (χ0n) is 21.2. The van der Waals surface area contributed by atoms with Crippen LogP contribution < -0.4 is 30.1 Å². The first-order valence-corrected chi connectivity index (χ1v) is 12.7. The Labute approximate surface area is 235 Å². The van der Waals surface area contributed by atoms with Crippen molar-refractivity contribution in [2.75, 3.05) is 23.9 Å². The molecule has 10 nitrogen and oxygen atoms in total. The molecule has 1 heterocycles. The number of rotatable bonds is 9. The van der Waals surface area contributed by atoms with Gasteiger partial charge in [0.15, 0.2) is 6.61 Å². The molecule has 214 valence electrons. The SMILES string of the molecule is CN(C(=O)[O-])c1cc(Oc2ccc(C(F)(F)F)cc2)ccc1NC(=O)COc1ccc(CC2SC(=O)NC2=O)cc1. The number of amides is 4. The van der Waals surface area contributed by atoms with Crippen LogP contribution in [0.1, 0.15) is 11.1 Å². The van der Waals surface area contributed by atoms with Gasteiger partial charge in [0, 0.05) is 13.1 Å². The van der Waals surface area contributed by atoms with E-state index in [0.717, 1.165) is 46.5 Å². The number of ether oxygens (including phenoxy) is 2. The number of nitrogens with zero attached hydrogens (tertiary/aromatic N) is 1. The Balaban J connectivity index is 1.38. The summed E-state index contributed by atoms with van der Waals surface area (Å²) in [5.41, 5.74) is 0.00721. The summed E-state index contributed by atoms with van der Waals surface area (Å²) in [6.45, 7) is -0.424. The molecule has 41 heavy (non-hydrogen) atoms. The highest BCUT2D eigenvalue weighted by Gasteiger charge is 2.31. The summed E-state index contributed by atoms with van der Waals surface area (Å²) in [6.07, 6.45) is -5.75. The molecular weight excluding hydrogens is 567 g/mol. The van der Waals surface area contributed by atoms with Crippen molar-refractivity contribution < 1.29 is 46.9 Å². The van der Waals surface area contributed by atoms with Gasteiger partial charge in [-0.2, -0.15) is 13.2 Å². The van der Waals surface area contributed by atoms with Crippen molar-refractivity contribution in [3.63, 3.8) is 0 Å². The van der Waals surface area contributed by atoms with Crippen LogP contribution in [0.25, 0.3) is 0 Å². The number of halogens is 3. The largest absolute Gasteiger partial charge is 0.530 e. The van der Waals surface area contributed by atoms with Gasteiger partial charge in [0.25, 0.3) is 11.1 Å². The number of hydrogen-bond donors (Lipinski definition) is 2. The van der Waals surface area contributed by atoms with E-state index in [9.17, 15) is 37.5 Å². The topological polar surface area (TPSA) is 137 Å². The van der Waals surface area contributed by atoms with Gasteiger partial charge in [0.05, 0.1) is 22.2 Å². The third kappa shape index (κ3) is 7.69. The summed E-state index contributed by atoms with van der Waals surface area (Å²) < 4.78 is 49.4. The van der Waals surface area contributed by atoms with Gasteiger partial charge in [-0.3, -0.25) is 19.7 Å². The lowest BCUT2D eigenvalue weighted by atomic mass is 10.1. The van der Waals surface area contributed by atoms with Crippen LogP contribution >= 0.6 is 11.8 Å². The molecule has 0 aromatic heterocycles. The lowest BCUT2D eigenvalue weighted by Crippen LogP contribution is -2.39. The molecule has 0 spiro atoms. The highest BCUT2D eigenvalue weighted by Crippen LogP contribution is 2.34. The molecule has 4 rings (SSSR count). The Hall–Kier alpha value is -4.72. The van der Waals surface area contributed by atoms with Gasteiger partial charge in [-0.05, 0) is 60.5 Å². The van der Waals surface area contributed by atoms with Crippen LogP contribution in [-0.4, -0.2) is 42.1 Å². The van der Waals surface area contributed by atoms with E-state index < -0.39 is 35.6 Å². The molecule has 1 aliphatic rings. The van der Waals surface area contributed by atoms with Crippen LogP contribution in [0.4, 0.5) is 34.1 Å². The predicted octanol–water partition coefficient (Wildman–Crippen LogP) is 4.19. The van der Waals surface area contributed by atoms with Crippen LogP contribution in [0.5, 0.6) is 17.2 Å². The first-order valence-electron chi connectivity index (χ1n) is 11.9. The lowest BCUT2D eigenvalue weighted by Gasteiger charge is -2.23. The van der Waals surface area contributed by atoms with E-state index in [1.54, 1.807) is 24.3 Å². The molecule has 1 aliphatic heterocycles. The molecule has 1 atom stereocenters. The molecule has 0 saturated carbocycles. The van der Waals surface area contributed by atoms with E-state index in [4.69, 9.17) is 9.47 Å². The van der Waals surface area contributed by atoms with E-state index in [2.05, 4.69) is 10.6 Å². The molecular formula is C27H21F3N3O7S-. The molecule has 0 aliphatic carbocycles. The van der Waals surface area contributed by atoms with E-state index in [0.29, 0.717) is 12.2 Å². The van der Waals surface area contributed by atoms with Gasteiger partial charge in [-0.1, -0.05) is 23.9 Å². The minimum atomic E-state index is -4.51. The number of nitrogens with one attached hydrogen (secondary N) is 2. The maximum Gasteiger partial charge on any atom is 0.416 e. The maximum absolute atomic E-state index is 12.8. The minimum Gasteiger partial charge on any atom is -0.530 e. The molecule has 1 saturated heterocycles. The molecule has 0 bridgehead atoms. The van der Waals surface area contributed by atoms with Crippen LogP contribution in [0.3, 0.4) is 0 Å². The smallest absolute Gasteiger partial charge is 0.416 e. The van der Waals surface area contributed by atoms with E-state index in [1.807, 2.05) is 0 Å². The first kappa shape index (κ1) is 29.3. The molecule has 3 aromatic carbocycles. The number of carbonyl (C=O) groups excluding carboxylic acids is 4. The second kappa shape index (κ2) is 12.2. The van der Waals surface area contributed by atoms with E-state index >= 15 is 0 Å². The minimum absolute atomic E-state index is 0.0144. The fraction of sp³-hybridized carbons (Fsp3) is 0.185. The van der Waals surface area contributed by atoms with Crippen LogP contribution in [-0.2, 0) is 22.2 Å². The molecule has 1 unspecified atom stereocenters. The Bertz CT molecular complexity index is 1460. The lowest BCUT2D eigenvalue weighted by molar-refractivity contribution is -0.246. The van der Waals surface area contributed by atoms with Crippen molar-refractivity contribution in [3.05, 3.63) is 77.9 Å². The Kier molecular flexibility index (Phi) is 8.71. The zero-order chi connectivity index (χ0) is 29.7. The van der Waals surface area contributed by atoms with Crippen molar-refractivity contribution in [1.82, 2.24) is 5.32 Å². The molecule has 1 fully saturated rings. The summed E-state index contributed by atoms with van der Waals surface area (Å²) in [7, 11) is 1.18. The average molecular weight is 589 g/mol. The number of benzene rings is 3. The standard InChI is InChI=1S/C27H22F3N3O7S/c1-33(26(37)38)21-13-19(40-18-8-4-16(5-9-18)27(28,29)30)10-11-20(21)31-23(34)14-39-17-6-2-15(3-7-17)12-22-24(35)32-25(36)41-22/h2-11,13,22H,12,14H2,1H3,(H,31,34)(H,37,38)(H,32,35,36)/p-1. The number of imide groups is 1. The quantitative estimate of drug-likeness (QED) is 0.380. The van der Waals surface area contributed by atoms with Crippen molar-refractivity contribution in [2.45, 2.75) is 17.8 Å². The fourth-order valence-electron chi connectivity index (χ4n) is 3.70. The summed E-state index contributed by atoms with van der Waals surface area (Å²) in [6, 6.07) is 14.6. The van der Waals surface area contributed by atoms with Gasteiger partial charge in [0.2, 0.25) is 5.91 Å². The van der Waals surface area contributed by atoms with Gasteiger partial charge in [0.1, 0.15) is 23.3 Å². The van der Waals surface area contributed by atoms with Crippen LogP contribution in [0, 0.1) is 0 Å². The van der Waals surface area contributed by atoms with E-state index in [-0.39, 0.29) is 34.0 Å². The highest BCUT2D eigenvalue weighted by atomic mass is 32.2. The van der Waals surface area contributed by atoms with Crippen molar-refractivity contribution in [2.24, 2.45) is 0 Å². The maximum atomic E-state index is 12.8. The molecule has 0 radical (unpaired) electrons. The summed E-state index contributed by atoms with van der Waals surface area (Å²) in [5, 5.41) is 15.4. The number of alkyl halides is 3. The number of hydrogen-bond acceptors (Lipinski definition) is 8. The third-order valence-electron chi connectivity index (χ3n) is 5.78. The first-order chi connectivity index (χ1) is 19.4. The Morgan fingerprint density at radius 1 is 1.00 bits per heavy atom. The zero-order valence-corrected chi connectivity index (χ0v) is 22.0. The Morgan fingerprint density at radius 2 is 1.63 bits per heavy atom. The van der Waals surface area contributed by atoms with Crippen molar-refractivity contribution >= 4 is 46.3 Å². The monoisotopic (exact) mass is 588 g/mol. The van der Waals surface area contributed by atoms with Crippen LogP contribution in [0.15, 0.2) is 66.7 Å². The van der Waals surface area contributed by atoms with Gasteiger partial charge >= 0.3 is 6.18 Å². The van der Waals surface area contributed by atoms with Crippen molar-refractivity contribution in [3.8, 4) is 17.2 Å². The number of carbonyl (C=O) groups is 4. The van der Waals surface area contributed by atoms with Crippen molar-refractivity contribution in [1.29, 1.82) is 0 Å². The molecule has 14 heteroatoms. The fourth-order valence-corrected chi connectivity index (χ4v) is 4.56. The van der Waals surface area contributed by atoms with Gasteiger partial charge in [-0.25, -0.2) is 0 Å². The number of carboxylic acid groups (broad SMARTS) is 1. The normalized spacial score (nSPS) is 14.8. The second-order valence-corrected chi connectivity index (χ2v) is 9.87. The summed E-state index contributed by atoms with van der Waals surface area (Å²) >= 11 is 0.922. The van der Waals surface area contributed by atoms with Gasteiger partial charge in [-0.15, -0.1) is 0 Å². The third-order valence-corrected chi connectivity index (χ3v) is 6.76. The Morgan fingerprint density at radius 3 is 2.22 bits per heavy atom. The van der Waals surface area contributed by atoms with E-state index in [1.165, 1.54) is 25.2 Å². The van der Waals surface area contributed by atoms with Gasteiger partial charge < -0.3 is 29.6 Å². The molecule has 3 aromatic rings. The summed E-state index contributed by atoms with van der Waals surface area (Å²) in [4.78, 5) is 47.8. The summed E-state index contributed by atoms with van der Waals surface area (Å²) in [5.74, 6) is -0.429. The molecule has 2 N–H and O–H groups in total. The predicted molar refractivity (Wildman–Crippen MR) is 141 cm³/mol. The number of anilines is 2. The molecule has 4 amide bonds.